The van der Waals surface area contributed by atoms with Crippen molar-refractivity contribution in [3.05, 3.63) is 29.8 Å². The third-order valence-corrected chi connectivity index (χ3v) is 4.27. The van der Waals surface area contributed by atoms with Gasteiger partial charge in [-0.05, 0) is 30.9 Å². The van der Waals surface area contributed by atoms with Gasteiger partial charge in [-0.2, -0.15) is 0 Å². The highest BCUT2D eigenvalue weighted by molar-refractivity contribution is 5.88. The van der Waals surface area contributed by atoms with Crippen LogP contribution in [0.2, 0.25) is 0 Å². The van der Waals surface area contributed by atoms with Crippen molar-refractivity contribution in [1.29, 1.82) is 0 Å². The molecule has 2 aliphatic rings. The Morgan fingerprint density at radius 3 is 2.84 bits per heavy atom. The fourth-order valence-corrected chi connectivity index (χ4v) is 2.98. The number of fused-ring (bicyclic) bond motifs is 1. The Balaban J connectivity index is 1.79. The third kappa shape index (κ3) is 2.21. The van der Waals surface area contributed by atoms with Crippen LogP contribution in [0.25, 0.3) is 0 Å². The highest BCUT2D eigenvalue weighted by Gasteiger charge is 2.36. The molecule has 1 fully saturated rings. The first-order chi connectivity index (χ1) is 9.31. The number of hydrogen-bond acceptors (Lipinski definition) is 3. The Morgan fingerprint density at radius 1 is 1.37 bits per heavy atom. The second-order valence-corrected chi connectivity index (χ2v) is 5.36. The molecule has 1 saturated carbocycles. The van der Waals surface area contributed by atoms with Crippen LogP contribution in [-0.4, -0.2) is 41.7 Å². The summed E-state index contributed by atoms with van der Waals surface area (Å²) in [5.41, 5.74) is 2.16. The van der Waals surface area contributed by atoms with Gasteiger partial charge in [0.2, 0.25) is 5.91 Å². The summed E-state index contributed by atoms with van der Waals surface area (Å²) in [5, 5.41) is 12.5. The van der Waals surface area contributed by atoms with Gasteiger partial charge < -0.3 is 15.3 Å². The summed E-state index contributed by atoms with van der Waals surface area (Å²) in [5.74, 6) is 0.0690. The van der Waals surface area contributed by atoms with E-state index in [0.717, 1.165) is 24.1 Å². The largest absolute Gasteiger partial charge is 0.395 e. The van der Waals surface area contributed by atoms with E-state index in [4.69, 9.17) is 0 Å². The molecule has 3 rings (SSSR count). The molecule has 1 unspecified atom stereocenters. The maximum Gasteiger partial charge on any atom is 0.232 e. The first kappa shape index (κ1) is 12.5. The predicted molar refractivity (Wildman–Crippen MR) is 74.1 cm³/mol. The van der Waals surface area contributed by atoms with E-state index in [1.807, 2.05) is 29.2 Å². The summed E-state index contributed by atoms with van der Waals surface area (Å²) in [6.07, 6.45) is 3.35. The van der Waals surface area contributed by atoms with Gasteiger partial charge in [-0.15, -0.1) is 0 Å². The smallest absolute Gasteiger partial charge is 0.232 e. The monoisotopic (exact) mass is 260 g/mol. The fraction of sp³-hybridized carbons (Fsp3) is 0.533. The number of amides is 1. The standard InChI is InChI=1S/C15H20N2O2/c18-9-8-17(11-4-3-5-11)15(19)13-10-16-14-7-2-1-6-12(13)14/h1-2,6-7,11,13,16,18H,3-5,8-10H2. The van der Waals surface area contributed by atoms with Crippen molar-refractivity contribution in [2.45, 2.75) is 31.2 Å². The molecule has 0 saturated heterocycles. The van der Waals surface area contributed by atoms with Crippen LogP contribution in [0.15, 0.2) is 24.3 Å². The summed E-state index contributed by atoms with van der Waals surface area (Å²) in [7, 11) is 0. The number of carbonyl (C=O) groups is 1. The second kappa shape index (κ2) is 5.21. The number of benzene rings is 1. The van der Waals surface area contributed by atoms with Crippen LogP contribution in [0.5, 0.6) is 0 Å². The number of hydrogen-bond donors (Lipinski definition) is 2. The molecule has 1 heterocycles. The molecule has 4 heteroatoms. The predicted octanol–water partition coefficient (Wildman–Crippen LogP) is 1.57. The summed E-state index contributed by atoms with van der Waals surface area (Å²) < 4.78 is 0. The van der Waals surface area contributed by atoms with Crippen LogP contribution in [0, 0.1) is 0 Å². The molecule has 4 nitrogen and oxygen atoms in total. The maximum atomic E-state index is 12.7. The summed E-state index contributed by atoms with van der Waals surface area (Å²) in [6.45, 7) is 1.18. The Hall–Kier alpha value is -1.55. The lowest BCUT2D eigenvalue weighted by molar-refractivity contribution is -0.137. The Morgan fingerprint density at radius 2 is 2.16 bits per heavy atom. The van der Waals surface area contributed by atoms with Crippen LogP contribution >= 0.6 is 0 Å². The van der Waals surface area contributed by atoms with E-state index >= 15 is 0 Å². The summed E-state index contributed by atoms with van der Waals surface area (Å²) >= 11 is 0. The van der Waals surface area contributed by atoms with Gasteiger partial charge in [0.1, 0.15) is 0 Å². The number of para-hydroxylation sites is 1. The fourth-order valence-electron chi connectivity index (χ4n) is 2.98. The molecule has 1 aliphatic carbocycles. The van der Waals surface area contributed by atoms with Crippen molar-refractivity contribution in [3.8, 4) is 0 Å². The molecular weight excluding hydrogens is 240 g/mol. The number of nitrogens with zero attached hydrogens (tertiary/aromatic N) is 1. The molecule has 0 spiro atoms. The number of aliphatic hydroxyl groups is 1. The molecule has 19 heavy (non-hydrogen) atoms. The number of anilines is 1. The average molecular weight is 260 g/mol. The van der Waals surface area contributed by atoms with Crippen LogP contribution in [0.4, 0.5) is 5.69 Å². The molecule has 1 aliphatic heterocycles. The highest BCUT2D eigenvalue weighted by atomic mass is 16.3. The Kier molecular flexibility index (Phi) is 3.42. The first-order valence-electron chi connectivity index (χ1n) is 7.05. The van der Waals surface area contributed by atoms with E-state index in [0.29, 0.717) is 19.1 Å². The van der Waals surface area contributed by atoms with E-state index in [1.54, 1.807) is 0 Å². The van der Waals surface area contributed by atoms with Gasteiger partial charge in [-0.3, -0.25) is 4.79 Å². The van der Waals surface area contributed by atoms with Gasteiger partial charge in [0, 0.05) is 24.8 Å². The maximum absolute atomic E-state index is 12.7. The lowest BCUT2D eigenvalue weighted by Gasteiger charge is -2.38. The van der Waals surface area contributed by atoms with Crippen molar-refractivity contribution >= 4 is 11.6 Å². The van der Waals surface area contributed by atoms with Crippen LogP contribution in [-0.2, 0) is 4.79 Å². The van der Waals surface area contributed by atoms with E-state index in [-0.39, 0.29) is 18.4 Å². The molecule has 1 atom stereocenters. The molecule has 0 bridgehead atoms. The van der Waals surface area contributed by atoms with Crippen molar-refractivity contribution in [2.24, 2.45) is 0 Å². The molecule has 0 aromatic heterocycles. The molecule has 102 valence electrons. The molecule has 2 N–H and O–H groups in total. The molecular formula is C15H20N2O2. The zero-order valence-corrected chi connectivity index (χ0v) is 11.0. The normalized spacial score (nSPS) is 21.4. The van der Waals surface area contributed by atoms with E-state index < -0.39 is 0 Å². The first-order valence-corrected chi connectivity index (χ1v) is 7.05. The van der Waals surface area contributed by atoms with Crippen molar-refractivity contribution in [2.75, 3.05) is 25.0 Å². The van der Waals surface area contributed by atoms with E-state index in [2.05, 4.69) is 5.32 Å². The van der Waals surface area contributed by atoms with Gasteiger partial charge in [-0.25, -0.2) is 0 Å². The van der Waals surface area contributed by atoms with Crippen molar-refractivity contribution in [1.82, 2.24) is 4.90 Å². The average Bonchev–Trinajstić information content (AvgIpc) is 2.79. The minimum atomic E-state index is -0.0941. The van der Waals surface area contributed by atoms with Gasteiger partial charge >= 0.3 is 0 Å². The number of nitrogens with one attached hydrogen (secondary N) is 1. The second-order valence-electron chi connectivity index (χ2n) is 5.36. The highest BCUT2D eigenvalue weighted by Crippen LogP contribution is 2.34. The molecule has 1 aromatic rings. The topological polar surface area (TPSA) is 52.6 Å². The summed E-state index contributed by atoms with van der Waals surface area (Å²) in [4.78, 5) is 14.6. The van der Waals surface area contributed by atoms with Gasteiger partial charge in [0.15, 0.2) is 0 Å². The number of aliphatic hydroxyl groups excluding tert-OH is 1. The Labute approximate surface area is 113 Å². The van der Waals surface area contributed by atoms with Gasteiger partial charge in [-0.1, -0.05) is 18.2 Å². The molecule has 1 amide bonds. The molecule has 1 aromatic carbocycles. The van der Waals surface area contributed by atoms with Gasteiger partial charge in [0.25, 0.3) is 0 Å². The minimum absolute atomic E-state index is 0.0457. The Bertz CT molecular complexity index is 471. The van der Waals surface area contributed by atoms with Crippen molar-refractivity contribution < 1.29 is 9.90 Å². The van der Waals surface area contributed by atoms with Crippen LogP contribution in [0.3, 0.4) is 0 Å². The van der Waals surface area contributed by atoms with Crippen LogP contribution in [0.1, 0.15) is 30.7 Å². The SMILES string of the molecule is O=C(C1CNc2ccccc21)N(CCO)C1CCC1. The zero-order valence-electron chi connectivity index (χ0n) is 11.0. The summed E-state index contributed by atoms with van der Waals surface area (Å²) in [6, 6.07) is 8.34. The zero-order chi connectivity index (χ0) is 13.2. The quantitative estimate of drug-likeness (QED) is 0.864. The minimum Gasteiger partial charge on any atom is -0.395 e. The van der Waals surface area contributed by atoms with Crippen molar-refractivity contribution in [3.63, 3.8) is 0 Å². The van der Waals surface area contributed by atoms with Crippen LogP contribution < -0.4 is 5.32 Å². The van der Waals surface area contributed by atoms with E-state index in [9.17, 15) is 9.90 Å². The lowest BCUT2D eigenvalue weighted by atomic mass is 9.89. The molecule has 0 radical (unpaired) electrons. The van der Waals surface area contributed by atoms with Gasteiger partial charge in [0.05, 0.1) is 12.5 Å². The lowest BCUT2D eigenvalue weighted by Crippen LogP contribution is -2.47. The van der Waals surface area contributed by atoms with E-state index in [1.165, 1.54) is 6.42 Å². The number of carbonyl (C=O) groups excluding carboxylic acids is 1. The number of rotatable bonds is 4. The third-order valence-electron chi connectivity index (χ3n) is 4.27.